The molecule has 0 bridgehead atoms. The average Bonchev–Trinajstić information content (AvgIpc) is 2.12. The number of benzene rings is 1. The van der Waals surface area contributed by atoms with E-state index in [1.165, 1.54) is 0 Å². The predicted octanol–water partition coefficient (Wildman–Crippen LogP) is 1.31. The number of rotatable bonds is 5. The molecule has 76 valence electrons. The smallest absolute Gasteiger partial charge is 0.207 e. The number of nitrogens with zero attached hydrogens (tertiary/aromatic N) is 1. The summed E-state index contributed by atoms with van der Waals surface area (Å²) in [5, 5.41) is 9.99. The maximum absolute atomic E-state index is 9.99. The van der Waals surface area contributed by atoms with E-state index in [0.29, 0.717) is 24.5 Å². The van der Waals surface area contributed by atoms with Gasteiger partial charge in [0.25, 0.3) is 0 Å². The molecule has 2 N–H and O–H groups in total. The van der Waals surface area contributed by atoms with Gasteiger partial charge < -0.3 is 10.5 Å². The normalized spacial score (nSPS) is 9.71. The van der Waals surface area contributed by atoms with Crippen molar-refractivity contribution in [1.82, 2.24) is 0 Å². The van der Waals surface area contributed by atoms with Crippen LogP contribution >= 0.6 is 0 Å². The molecule has 0 heterocycles. The van der Waals surface area contributed by atoms with Crippen molar-refractivity contribution in [3.8, 4) is 5.75 Å². The number of ether oxygens (including phenoxy) is 1. The minimum absolute atomic E-state index is 0.0671. The number of hydrogen-bond acceptors (Lipinski definition) is 4. The van der Waals surface area contributed by atoms with Gasteiger partial charge in [-0.2, -0.15) is 0 Å². The largest absolute Gasteiger partial charge is 0.493 e. The summed E-state index contributed by atoms with van der Waals surface area (Å²) in [4.78, 5) is 9.64. The quantitative estimate of drug-likeness (QED) is 0.333. The zero-order chi connectivity index (χ0) is 10.4. The van der Waals surface area contributed by atoms with Crippen molar-refractivity contribution >= 4 is 5.69 Å². The van der Waals surface area contributed by atoms with Crippen LogP contribution in [0.1, 0.15) is 6.42 Å². The van der Waals surface area contributed by atoms with Gasteiger partial charge >= 0.3 is 0 Å². The number of anilines is 1. The second-order valence-electron chi connectivity index (χ2n) is 2.83. The number of hydrogen-bond donors (Lipinski definition) is 1. The highest BCUT2D eigenvalue weighted by molar-refractivity contribution is 5.43. The van der Waals surface area contributed by atoms with E-state index < -0.39 is 0 Å². The van der Waals surface area contributed by atoms with Gasteiger partial charge in [0.2, 0.25) is 6.54 Å². The lowest BCUT2D eigenvalue weighted by atomic mass is 10.3. The van der Waals surface area contributed by atoms with Gasteiger partial charge in [0.1, 0.15) is 5.75 Å². The van der Waals surface area contributed by atoms with Crippen LogP contribution in [0.3, 0.4) is 0 Å². The van der Waals surface area contributed by atoms with Crippen LogP contribution in [0.2, 0.25) is 0 Å². The zero-order valence-electron chi connectivity index (χ0n) is 7.68. The zero-order valence-corrected chi connectivity index (χ0v) is 7.68. The first kappa shape index (κ1) is 10.3. The Hall–Kier alpha value is -1.78. The van der Waals surface area contributed by atoms with Gasteiger partial charge in [0.15, 0.2) is 0 Å². The molecule has 0 saturated carbocycles. The van der Waals surface area contributed by atoms with Crippen molar-refractivity contribution in [2.75, 3.05) is 18.9 Å². The Morgan fingerprint density at radius 3 is 2.93 bits per heavy atom. The SMILES string of the molecule is Nc1cccc(OCCC[N+](=O)[O-])c1. The molecule has 0 aliphatic rings. The molecule has 0 aliphatic heterocycles. The monoisotopic (exact) mass is 196 g/mol. The van der Waals surface area contributed by atoms with Crippen LogP contribution < -0.4 is 10.5 Å². The van der Waals surface area contributed by atoms with Crippen LogP contribution in [0, 0.1) is 10.1 Å². The van der Waals surface area contributed by atoms with Crippen LogP contribution in [0.4, 0.5) is 5.69 Å². The molecule has 0 saturated heterocycles. The second kappa shape index (κ2) is 5.06. The molecule has 0 amide bonds. The summed E-state index contributed by atoms with van der Waals surface area (Å²) in [5.74, 6) is 0.647. The molecule has 5 nitrogen and oxygen atoms in total. The topological polar surface area (TPSA) is 78.4 Å². The average molecular weight is 196 g/mol. The van der Waals surface area contributed by atoms with E-state index in [4.69, 9.17) is 10.5 Å². The lowest BCUT2D eigenvalue weighted by Gasteiger charge is -2.04. The standard InChI is InChI=1S/C9H12N2O3/c10-8-3-1-4-9(7-8)14-6-2-5-11(12)13/h1,3-4,7H,2,5-6,10H2. The fourth-order valence-corrected chi connectivity index (χ4v) is 0.988. The van der Waals surface area contributed by atoms with E-state index in [9.17, 15) is 10.1 Å². The molecule has 0 atom stereocenters. The Kier molecular flexibility index (Phi) is 3.72. The van der Waals surface area contributed by atoms with E-state index in [1.54, 1.807) is 24.3 Å². The van der Waals surface area contributed by atoms with Crippen molar-refractivity contribution in [1.29, 1.82) is 0 Å². The molecule has 0 spiro atoms. The van der Waals surface area contributed by atoms with Gasteiger partial charge in [-0.25, -0.2) is 0 Å². The first-order valence-corrected chi connectivity index (χ1v) is 4.28. The lowest BCUT2D eigenvalue weighted by Crippen LogP contribution is -2.06. The van der Waals surface area contributed by atoms with E-state index >= 15 is 0 Å². The van der Waals surface area contributed by atoms with Crippen molar-refractivity contribution in [3.63, 3.8) is 0 Å². The highest BCUT2D eigenvalue weighted by Gasteiger charge is 1.98. The molecule has 0 unspecified atom stereocenters. The van der Waals surface area contributed by atoms with E-state index in [1.807, 2.05) is 0 Å². The maximum atomic E-state index is 9.99. The maximum Gasteiger partial charge on any atom is 0.207 e. The molecule has 0 fully saturated rings. The first-order chi connectivity index (χ1) is 6.68. The van der Waals surface area contributed by atoms with E-state index in [2.05, 4.69) is 0 Å². The van der Waals surface area contributed by atoms with Crippen molar-refractivity contribution < 1.29 is 9.66 Å². The summed E-state index contributed by atoms with van der Waals surface area (Å²) in [7, 11) is 0. The molecular weight excluding hydrogens is 184 g/mol. The molecule has 1 rings (SSSR count). The van der Waals surface area contributed by atoms with Crippen LogP contribution in [-0.4, -0.2) is 18.1 Å². The summed E-state index contributed by atoms with van der Waals surface area (Å²) in [6.45, 7) is 0.271. The Bertz CT molecular complexity index is 315. The summed E-state index contributed by atoms with van der Waals surface area (Å²) in [6.07, 6.45) is 0.405. The third-order valence-corrected chi connectivity index (χ3v) is 1.61. The third-order valence-electron chi connectivity index (χ3n) is 1.61. The number of nitro groups is 1. The Morgan fingerprint density at radius 1 is 1.50 bits per heavy atom. The summed E-state index contributed by atoms with van der Waals surface area (Å²) in [5.41, 5.74) is 6.14. The fraction of sp³-hybridized carbons (Fsp3) is 0.333. The lowest BCUT2D eigenvalue weighted by molar-refractivity contribution is -0.480. The number of nitrogens with two attached hydrogens (primary N) is 1. The second-order valence-corrected chi connectivity index (χ2v) is 2.83. The highest BCUT2D eigenvalue weighted by atomic mass is 16.6. The van der Waals surface area contributed by atoms with Crippen LogP contribution in [0.25, 0.3) is 0 Å². The van der Waals surface area contributed by atoms with Crippen LogP contribution in [0.5, 0.6) is 5.75 Å². The summed E-state index contributed by atoms with van der Waals surface area (Å²) < 4.78 is 5.25. The van der Waals surface area contributed by atoms with Crippen molar-refractivity contribution in [2.24, 2.45) is 0 Å². The van der Waals surface area contributed by atoms with Crippen molar-refractivity contribution in [2.45, 2.75) is 6.42 Å². The Morgan fingerprint density at radius 2 is 2.29 bits per heavy atom. The molecule has 14 heavy (non-hydrogen) atoms. The fourth-order valence-electron chi connectivity index (χ4n) is 0.988. The minimum Gasteiger partial charge on any atom is -0.493 e. The third kappa shape index (κ3) is 3.75. The van der Waals surface area contributed by atoms with Crippen molar-refractivity contribution in [3.05, 3.63) is 34.4 Å². The van der Waals surface area contributed by atoms with E-state index in [0.717, 1.165) is 0 Å². The van der Waals surface area contributed by atoms with Gasteiger partial charge in [0.05, 0.1) is 6.61 Å². The van der Waals surface area contributed by atoms with Gasteiger partial charge in [-0.15, -0.1) is 0 Å². The summed E-state index contributed by atoms with van der Waals surface area (Å²) in [6, 6.07) is 6.98. The molecule has 0 aliphatic carbocycles. The molecule has 0 radical (unpaired) electrons. The first-order valence-electron chi connectivity index (χ1n) is 4.28. The van der Waals surface area contributed by atoms with Gasteiger partial charge in [-0.3, -0.25) is 10.1 Å². The van der Waals surface area contributed by atoms with E-state index in [-0.39, 0.29) is 11.5 Å². The van der Waals surface area contributed by atoms with Crippen LogP contribution in [0.15, 0.2) is 24.3 Å². The highest BCUT2D eigenvalue weighted by Crippen LogP contribution is 2.14. The molecule has 5 heteroatoms. The Labute approximate surface area is 81.6 Å². The van der Waals surface area contributed by atoms with Gasteiger partial charge in [0, 0.05) is 23.1 Å². The molecule has 1 aromatic rings. The molecular formula is C9H12N2O3. The minimum atomic E-state index is -0.358. The molecule has 1 aromatic carbocycles. The van der Waals surface area contributed by atoms with Gasteiger partial charge in [-0.05, 0) is 12.1 Å². The Balaban J connectivity index is 2.28. The van der Waals surface area contributed by atoms with Crippen LogP contribution in [-0.2, 0) is 0 Å². The van der Waals surface area contributed by atoms with Gasteiger partial charge in [-0.1, -0.05) is 6.07 Å². The number of nitrogen functional groups attached to an aromatic ring is 1. The molecule has 0 aromatic heterocycles. The summed E-state index contributed by atoms with van der Waals surface area (Å²) >= 11 is 0. The predicted molar refractivity (Wildman–Crippen MR) is 52.8 cm³/mol.